The molecule has 2 fully saturated rings. The highest BCUT2D eigenvalue weighted by Gasteiger charge is 2.50. The normalized spacial score (nSPS) is 34.7. The lowest BCUT2D eigenvalue weighted by molar-refractivity contribution is -0.299. The number of likely N-dealkylation sites (N-methyl/N-ethyl adjacent to an activating group) is 1. The molecule has 68 heavy (non-hydrogen) atoms. The average Bonchev–Trinajstić information content (AvgIpc) is 3.28. The Balaban J connectivity index is 2.21. The second kappa shape index (κ2) is 30.3. The molecule has 0 saturated carbocycles. The zero-order chi connectivity index (χ0) is 51.2. The van der Waals surface area contributed by atoms with Crippen LogP contribution in [0.4, 0.5) is 0 Å². The van der Waals surface area contributed by atoms with Crippen molar-refractivity contribution in [2.24, 2.45) is 17.8 Å². The van der Waals surface area contributed by atoms with Crippen LogP contribution in [0.15, 0.2) is 72.9 Å². The van der Waals surface area contributed by atoms with Crippen LogP contribution in [-0.4, -0.2) is 146 Å². The molecule has 0 radical (unpaired) electrons. The van der Waals surface area contributed by atoms with Crippen LogP contribution in [-0.2, 0) is 28.6 Å². The third kappa shape index (κ3) is 19.4. The van der Waals surface area contributed by atoms with Gasteiger partial charge in [-0.3, -0.25) is 14.4 Å². The van der Waals surface area contributed by atoms with E-state index in [-0.39, 0.29) is 43.9 Å². The number of amides is 2. The lowest BCUT2D eigenvalue weighted by atomic mass is 9.78. The molecule has 0 bridgehead atoms. The summed E-state index contributed by atoms with van der Waals surface area (Å²) in [6, 6.07) is -2.41. The minimum absolute atomic E-state index is 0.00367. The van der Waals surface area contributed by atoms with Gasteiger partial charge in [-0.2, -0.15) is 0 Å². The molecule has 14 heteroatoms. The van der Waals surface area contributed by atoms with E-state index in [1.54, 1.807) is 34.6 Å². The van der Waals surface area contributed by atoms with Gasteiger partial charge in [-0.15, -0.1) is 0 Å². The van der Waals surface area contributed by atoms with Gasteiger partial charge in [0.1, 0.15) is 30.0 Å². The number of cyclic esters (lactones) is 1. The highest BCUT2D eigenvalue weighted by molar-refractivity contribution is 5.87. The third-order valence-electron chi connectivity index (χ3n) is 13.3. The van der Waals surface area contributed by atoms with Gasteiger partial charge in [0.15, 0.2) is 6.29 Å². The summed E-state index contributed by atoms with van der Waals surface area (Å²) in [7, 11) is 3.69. The van der Waals surface area contributed by atoms with Crippen molar-refractivity contribution in [1.29, 1.82) is 0 Å². The van der Waals surface area contributed by atoms with Crippen LogP contribution in [0.3, 0.4) is 0 Å². The summed E-state index contributed by atoms with van der Waals surface area (Å²) in [6.07, 6.45) is 24.0. The van der Waals surface area contributed by atoms with E-state index in [0.717, 1.165) is 38.5 Å². The summed E-state index contributed by atoms with van der Waals surface area (Å²) in [6.45, 7) is 16.6. The van der Waals surface area contributed by atoms with Gasteiger partial charge in [-0.1, -0.05) is 101 Å². The molecule has 0 aromatic heterocycles. The van der Waals surface area contributed by atoms with Crippen LogP contribution in [0, 0.1) is 17.8 Å². The lowest BCUT2D eigenvalue weighted by Crippen LogP contribution is -2.62. The molecule has 2 amide bonds. The zero-order valence-corrected chi connectivity index (χ0v) is 43.5. The van der Waals surface area contributed by atoms with Gasteiger partial charge in [0.25, 0.3) is 0 Å². The summed E-state index contributed by atoms with van der Waals surface area (Å²) < 4.78 is 18.4. The molecule has 0 spiro atoms. The number of ether oxygens (including phenoxy) is 3. The predicted molar refractivity (Wildman–Crippen MR) is 269 cm³/mol. The van der Waals surface area contributed by atoms with Gasteiger partial charge in [0.2, 0.25) is 11.8 Å². The molecular weight excluding hydrogens is 867 g/mol. The van der Waals surface area contributed by atoms with Crippen LogP contribution in [0.5, 0.6) is 0 Å². The maximum absolute atomic E-state index is 14.4. The van der Waals surface area contributed by atoms with E-state index < -0.39 is 89.7 Å². The first-order valence-corrected chi connectivity index (χ1v) is 25.2. The molecule has 388 valence electrons. The highest BCUT2D eigenvalue weighted by Crippen LogP contribution is 2.37. The van der Waals surface area contributed by atoms with Gasteiger partial charge in [0, 0.05) is 24.9 Å². The van der Waals surface area contributed by atoms with E-state index in [1.165, 1.54) is 18.7 Å². The second-order valence-corrected chi connectivity index (χ2v) is 19.9. The Morgan fingerprint density at radius 3 is 1.85 bits per heavy atom. The number of hydrogen-bond donors (Lipinski definition) is 6. The molecule has 14 nitrogen and oxygen atoms in total. The molecule has 15 atom stereocenters. The number of nitrogens with zero attached hydrogens (tertiary/aromatic N) is 2. The van der Waals surface area contributed by atoms with E-state index in [1.807, 2.05) is 45.0 Å². The zero-order valence-electron chi connectivity index (χ0n) is 43.5. The smallest absolute Gasteiger partial charge is 0.311 e. The molecule has 2 rings (SSSR count). The fourth-order valence-corrected chi connectivity index (χ4v) is 9.28. The van der Waals surface area contributed by atoms with Crippen molar-refractivity contribution in [2.75, 3.05) is 20.6 Å². The van der Waals surface area contributed by atoms with Crippen molar-refractivity contribution < 1.29 is 54.1 Å². The monoisotopic (exact) mass is 958 g/mol. The molecular formula is C54H91N3O11. The Kier molecular flexibility index (Phi) is 27.0. The van der Waals surface area contributed by atoms with Gasteiger partial charge >= 0.3 is 5.97 Å². The Bertz CT molecular complexity index is 1690. The van der Waals surface area contributed by atoms with E-state index in [0.29, 0.717) is 12.8 Å². The Morgan fingerprint density at radius 2 is 1.35 bits per heavy atom. The SMILES string of the molecule is CC/C=C\C/C=C/C/C=C\C/C=C\C/C=C\C/C=C/CCC(=O)N[C@@H](C)C(=O)N1C[C@H](C)C[C@@](C)(O)[C@H](OC2O[C@H](C)C[C@H](N(C)C)[C@H]2O)[C@@H](C)[C@H](O)[C@@H](C)C(=O)O[C@H](CC)[C@@](C)(O)[C@H](O)[C@H]1C. The maximum Gasteiger partial charge on any atom is 0.311 e. The molecule has 0 aliphatic carbocycles. The van der Waals surface area contributed by atoms with Crippen LogP contribution >= 0.6 is 0 Å². The molecule has 0 aromatic rings. The molecule has 2 aliphatic rings. The summed E-state index contributed by atoms with van der Waals surface area (Å²) in [5.41, 5.74) is -3.80. The second-order valence-electron chi connectivity index (χ2n) is 19.9. The number of aliphatic hydroxyl groups excluding tert-OH is 3. The highest BCUT2D eigenvalue weighted by atomic mass is 16.7. The molecule has 6 N–H and O–H groups in total. The average molecular weight is 958 g/mol. The summed E-state index contributed by atoms with van der Waals surface area (Å²) in [4.78, 5) is 44.5. The van der Waals surface area contributed by atoms with Crippen LogP contribution in [0.2, 0.25) is 0 Å². The minimum Gasteiger partial charge on any atom is -0.459 e. The van der Waals surface area contributed by atoms with E-state index in [9.17, 15) is 39.9 Å². The van der Waals surface area contributed by atoms with Gasteiger partial charge in [-0.25, -0.2) is 0 Å². The number of nitrogens with one attached hydrogen (secondary N) is 1. The molecule has 2 saturated heterocycles. The van der Waals surface area contributed by atoms with E-state index >= 15 is 0 Å². The molecule has 2 aliphatic heterocycles. The number of esters is 1. The van der Waals surface area contributed by atoms with Gasteiger partial charge < -0.3 is 54.9 Å². The number of allylic oxidation sites excluding steroid dienone is 12. The number of aliphatic hydroxyl groups is 5. The van der Waals surface area contributed by atoms with Crippen LogP contribution in [0.25, 0.3) is 0 Å². The van der Waals surface area contributed by atoms with Crippen LogP contribution < -0.4 is 5.32 Å². The topological polar surface area (TPSA) is 199 Å². The minimum atomic E-state index is -2.06. The first-order chi connectivity index (χ1) is 32.0. The predicted octanol–water partition coefficient (Wildman–Crippen LogP) is 6.85. The standard InChI is InChI=1S/C54H91N3O11/c1-13-15-16-17-18-19-20-21-22-23-24-25-26-27-28-29-30-31-32-33-45(58)55-41(7)50(62)57-36-37(3)35-53(9,64)49(68-52-47(60)43(56(11)12)34-38(4)66-52)39(5)46(59)40(6)51(63)67-44(14-2)54(10,65)48(61)42(57)8/h15-16,18-19,21-22,24-25,27-28,30-31,37-44,46-49,52,59-61,64-65H,13-14,17,20,23,26,29,32-36H2,1-12H3,(H,55,58)/b16-15-,19-18+,22-21-,25-24-,28-27-,31-30+/t37-,38-,39+,40-,41+,42-,43+,44-,46+,47-,48-,49-,52?,53-,54-/m1/s1. The summed E-state index contributed by atoms with van der Waals surface area (Å²) in [5.74, 6) is -4.29. The van der Waals surface area contributed by atoms with Gasteiger partial charge in [0.05, 0.1) is 35.9 Å². The summed E-state index contributed by atoms with van der Waals surface area (Å²) >= 11 is 0. The van der Waals surface area contributed by atoms with Crippen molar-refractivity contribution in [3.63, 3.8) is 0 Å². The maximum atomic E-state index is 14.4. The number of carbonyl (C=O) groups is 3. The quantitative estimate of drug-likeness (QED) is 0.0549. The molecule has 1 unspecified atom stereocenters. The number of hydrogen-bond acceptors (Lipinski definition) is 12. The number of rotatable bonds is 20. The fraction of sp³-hybridized carbons (Fsp3) is 0.722. The first-order valence-electron chi connectivity index (χ1n) is 25.2. The van der Waals surface area contributed by atoms with Crippen molar-refractivity contribution in [2.45, 2.75) is 212 Å². The Labute approximate surface area is 409 Å². The molecule has 0 aromatic carbocycles. The largest absolute Gasteiger partial charge is 0.459 e. The summed E-state index contributed by atoms with van der Waals surface area (Å²) in [5, 5.41) is 62.1. The number of carbonyl (C=O) groups excluding carboxylic acids is 3. The van der Waals surface area contributed by atoms with Crippen molar-refractivity contribution in [1.82, 2.24) is 15.1 Å². The van der Waals surface area contributed by atoms with Crippen molar-refractivity contribution >= 4 is 17.8 Å². The Morgan fingerprint density at radius 1 is 0.838 bits per heavy atom. The molecule has 2 heterocycles. The fourth-order valence-electron chi connectivity index (χ4n) is 9.28. The van der Waals surface area contributed by atoms with Crippen LogP contribution in [0.1, 0.15) is 140 Å². The van der Waals surface area contributed by atoms with E-state index in [4.69, 9.17) is 14.2 Å². The first kappa shape index (κ1) is 60.7. The van der Waals surface area contributed by atoms with Crippen molar-refractivity contribution in [3.05, 3.63) is 72.9 Å². The Hall–Kier alpha value is -3.47. The lowest BCUT2D eigenvalue weighted by Gasteiger charge is -2.46. The van der Waals surface area contributed by atoms with Crippen molar-refractivity contribution in [3.8, 4) is 0 Å². The van der Waals surface area contributed by atoms with Gasteiger partial charge in [-0.05, 0) is 126 Å². The van der Waals surface area contributed by atoms with E-state index in [2.05, 4.69) is 73.0 Å². The third-order valence-corrected chi connectivity index (χ3v) is 13.3.